The second kappa shape index (κ2) is 8.43. The third kappa shape index (κ3) is 4.43. The van der Waals surface area contributed by atoms with Gasteiger partial charge in [-0.05, 0) is 56.2 Å². The van der Waals surface area contributed by atoms with Crippen molar-refractivity contribution in [3.63, 3.8) is 0 Å². The van der Waals surface area contributed by atoms with Gasteiger partial charge in [0.05, 0.1) is 24.2 Å². The van der Waals surface area contributed by atoms with E-state index in [1.807, 2.05) is 32.9 Å². The van der Waals surface area contributed by atoms with Gasteiger partial charge in [-0.3, -0.25) is 4.79 Å². The van der Waals surface area contributed by atoms with Crippen LogP contribution in [0.3, 0.4) is 0 Å². The maximum atomic E-state index is 12.7. The summed E-state index contributed by atoms with van der Waals surface area (Å²) < 4.78 is 32.0. The summed E-state index contributed by atoms with van der Waals surface area (Å²) in [6.45, 7) is 7.48. The first kappa shape index (κ1) is 20.5. The molecular weight excluding hydrogens is 376 g/mol. The minimum atomic E-state index is -3.56. The first-order valence-electron chi connectivity index (χ1n) is 9.35. The van der Waals surface area contributed by atoms with Crippen molar-refractivity contribution < 1.29 is 17.9 Å². The molecule has 1 heterocycles. The molecule has 0 saturated carbocycles. The van der Waals surface area contributed by atoms with Gasteiger partial charge in [0.25, 0.3) is 5.91 Å². The van der Waals surface area contributed by atoms with Crippen LogP contribution < -0.4 is 5.32 Å². The molecule has 2 aromatic carbocycles. The smallest absolute Gasteiger partial charge is 0.251 e. The summed E-state index contributed by atoms with van der Waals surface area (Å²) in [6.07, 6.45) is 0. The monoisotopic (exact) mass is 402 g/mol. The van der Waals surface area contributed by atoms with Gasteiger partial charge in [0.15, 0.2) is 0 Å². The number of nitrogens with zero attached hydrogens (tertiary/aromatic N) is 1. The van der Waals surface area contributed by atoms with Gasteiger partial charge in [-0.25, -0.2) is 8.42 Å². The molecule has 1 aliphatic rings. The highest BCUT2D eigenvalue weighted by molar-refractivity contribution is 7.89. The van der Waals surface area contributed by atoms with Crippen molar-refractivity contribution in [1.29, 1.82) is 0 Å². The fourth-order valence-corrected chi connectivity index (χ4v) is 4.79. The molecule has 28 heavy (non-hydrogen) atoms. The second-order valence-corrected chi connectivity index (χ2v) is 9.03. The summed E-state index contributed by atoms with van der Waals surface area (Å²) in [6, 6.07) is 12.1. The number of sulfonamides is 1. The molecule has 150 valence electrons. The van der Waals surface area contributed by atoms with Crippen LogP contribution in [-0.4, -0.2) is 44.9 Å². The number of carbonyl (C=O) groups is 1. The fourth-order valence-electron chi connectivity index (χ4n) is 3.38. The molecule has 1 N–H and O–H groups in total. The van der Waals surface area contributed by atoms with Crippen molar-refractivity contribution in [3.05, 3.63) is 64.7 Å². The lowest BCUT2D eigenvalue weighted by molar-refractivity contribution is 0.0730. The predicted octanol–water partition coefficient (Wildman–Crippen LogP) is 2.82. The van der Waals surface area contributed by atoms with E-state index in [9.17, 15) is 13.2 Å². The van der Waals surface area contributed by atoms with E-state index < -0.39 is 10.0 Å². The van der Waals surface area contributed by atoms with E-state index in [1.165, 1.54) is 22.0 Å². The van der Waals surface area contributed by atoms with Gasteiger partial charge in [-0.2, -0.15) is 4.31 Å². The lowest BCUT2D eigenvalue weighted by Crippen LogP contribution is -2.40. The Hall–Kier alpha value is -2.22. The molecule has 0 aliphatic carbocycles. The lowest BCUT2D eigenvalue weighted by Gasteiger charge is -2.26. The maximum Gasteiger partial charge on any atom is 0.251 e. The third-order valence-corrected chi connectivity index (χ3v) is 6.88. The molecule has 1 aliphatic heterocycles. The maximum absolute atomic E-state index is 12.7. The molecule has 1 atom stereocenters. The van der Waals surface area contributed by atoms with Crippen LogP contribution in [0, 0.1) is 13.8 Å². The minimum Gasteiger partial charge on any atom is -0.379 e. The van der Waals surface area contributed by atoms with Gasteiger partial charge >= 0.3 is 0 Å². The van der Waals surface area contributed by atoms with E-state index in [0.717, 1.165) is 11.1 Å². The topological polar surface area (TPSA) is 75.7 Å². The van der Waals surface area contributed by atoms with Gasteiger partial charge in [-0.1, -0.05) is 23.8 Å². The first-order chi connectivity index (χ1) is 13.3. The van der Waals surface area contributed by atoms with Gasteiger partial charge in [0.2, 0.25) is 10.0 Å². The number of aryl methyl sites for hydroxylation is 2. The third-order valence-electron chi connectivity index (χ3n) is 4.96. The highest BCUT2D eigenvalue weighted by atomic mass is 32.2. The number of benzene rings is 2. The highest BCUT2D eigenvalue weighted by Crippen LogP contribution is 2.20. The van der Waals surface area contributed by atoms with Crippen LogP contribution in [0.25, 0.3) is 0 Å². The molecule has 0 spiro atoms. The number of hydrogen-bond acceptors (Lipinski definition) is 4. The standard InChI is InChI=1S/C21H26N2O4S/c1-15-4-9-20(16(2)14-15)17(3)22-21(24)18-5-7-19(8-6-18)28(25,26)23-10-12-27-13-11-23/h4-9,14,17H,10-13H2,1-3H3,(H,22,24)/t17-/m0/s1. The van der Waals surface area contributed by atoms with Crippen LogP contribution in [0.5, 0.6) is 0 Å². The molecule has 0 radical (unpaired) electrons. The average molecular weight is 403 g/mol. The zero-order valence-corrected chi connectivity index (χ0v) is 17.3. The Labute approximate surface area is 166 Å². The number of hydrogen-bond donors (Lipinski definition) is 1. The number of nitrogens with one attached hydrogen (secondary N) is 1. The van der Waals surface area contributed by atoms with Gasteiger partial charge < -0.3 is 10.1 Å². The number of rotatable bonds is 5. The highest BCUT2D eigenvalue weighted by Gasteiger charge is 2.26. The van der Waals surface area contributed by atoms with Gasteiger partial charge in [0.1, 0.15) is 0 Å². The predicted molar refractivity (Wildman–Crippen MR) is 108 cm³/mol. The summed E-state index contributed by atoms with van der Waals surface area (Å²) >= 11 is 0. The van der Waals surface area contributed by atoms with Crippen LogP contribution in [-0.2, 0) is 14.8 Å². The Morgan fingerprint density at radius 2 is 1.71 bits per heavy atom. The lowest BCUT2D eigenvalue weighted by atomic mass is 10.00. The van der Waals surface area contributed by atoms with E-state index in [2.05, 4.69) is 11.4 Å². The van der Waals surface area contributed by atoms with Crippen molar-refractivity contribution >= 4 is 15.9 Å². The molecule has 0 unspecified atom stereocenters. The molecule has 2 aromatic rings. The van der Waals surface area contributed by atoms with Crippen LogP contribution in [0.1, 0.15) is 40.0 Å². The summed E-state index contributed by atoms with van der Waals surface area (Å²) in [4.78, 5) is 12.8. The Morgan fingerprint density at radius 1 is 1.07 bits per heavy atom. The van der Waals surface area contributed by atoms with Crippen molar-refractivity contribution in [3.8, 4) is 0 Å². The molecular formula is C21H26N2O4S. The zero-order valence-electron chi connectivity index (χ0n) is 16.4. The van der Waals surface area contributed by atoms with Crippen molar-refractivity contribution in [2.75, 3.05) is 26.3 Å². The van der Waals surface area contributed by atoms with Gasteiger partial charge in [-0.15, -0.1) is 0 Å². The molecule has 0 aromatic heterocycles. The van der Waals surface area contributed by atoms with Crippen molar-refractivity contribution in [2.24, 2.45) is 0 Å². The first-order valence-corrected chi connectivity index (χ1v) is 10.8. The van der Waals surface area contributed by atoms with E-state index in [1.54, 1.807) is 12.1 Å². The largest absolute Gasteiger partial charge is 0.379 e. The molecule has 1 fully saturated rings. The van der Waals surface area contributed by atoms with Crippen LogP contribution in [0.2, 0.25) is 0 Å². The number of carbonyl (C=O) groups excluding carboxylic acids is 1. The Balaban J connectivity index is 1.71. The number of morpholine rings is 1. The number of amides is 1. The molecule has 6 nitrogen and oxygen atoms in total. The normalized spacial score (nSPS) is 16.5. The molecule has 1 amide bonds. The molecule has 1 saturated heterocycles. The molecule has 3 rings (SSSR count). The van der Waals surface area contributed by atoms with Crippen molar-refractivity contribution in [1.82, 2.24) is 9.62 Å². The molecule has 0 bridgehead atoms. The fraction of sp³-hybridized carbons (Fsp3) is 0.381. The van der Waals surface area contributed by atoms with E-state index >= 15 is 0 Å². The summed E-state index contributed by atoms with van der Waals surface area (Å²) in [7, 11) is -3.56. The van der Waals surface area contributed by atoms with Gasteiger partial charge in [0, 0.05) is 18.7 Å². The van der Waals surface area contributed by atoms with Crippen LogP contribution in [0.4, 0.5) is 0 Å². The quantitative estimate of drug-likeness (QED) is 0.834. The van der Waals surface area contributed by atoms with Crippen molar-refractivity contribution in [2.45, 2.75) is 31.7 Å². The zero-order chi connectivity index (χ0) is 20.3. The average Bonchev–Trinajstić information content (AvgIpc) is 2.68. The summed E-state index contributed by atoms with van der Waals surface area (Å²) in [5.41, 5.74) is 3.79. The van der Waals surface area contributed by atoms with E-state index in [4.69, 9.17) is 4.74 Å². The Morgan fingerprint density at radius 3 is 2.32 bits per heavy atom. The van der Waals surface area contributed by atoms with E-state index in [0.29, 0.717) is 31.9 Å². The Bertz CT molecular complexity index is 949. The summed E-state index contributed by atoms with van der Waals surface area (Å²) in [5.74, 6) is -0.234. The van der Waals surface area contributed by atoms with Crippen LogP contribution in [0.15, 0.2) is 47.4 Å². The Kier molecular flexibility index (Phi) is 6.17. The second-order valence-electron chi connectivity index (χ2n) is 7.10. The summed E-state index contributed by atoms with van der Waals surface area (Å²) in [5, 5.41) is 2.98. The SMILES string of the molecule is Cc1ccc([C@H](C)NC(=O)c2ccc(S(=O)(=O)N3CCOCC3)cc2)c(C)c1. The number of ether oxygens (including phenoxy) is 1. The molecule has 7 heteroatoms. The minimum absolute atomic E-state index is 0.148. The van der Waals surface area contributed by atoms with Crippen LogP contribution >= 0.6 is 0 Å². The van der Waals surface area contributed by atoms with E-state index in [-0.39, 0.29) is 16.8 Å².